The van der Waals surface area contributed by atoms with Gasteiger partial charge in [-0.1, -0.05) is 17.3 Å². The van der Waals surface area contributed by atoms with Gasteiger partial charge < -0.3 is 9.42 Å². The van der Waals surface area contributed by atoms with Gasteiger partial charge in [0.15, 0.2) is 0 Å². The molecule has 0 spiro atoms. The fourth-order valence-corrected chi connectivity index (χ4v) is 3.47. The number of hydrogen-bond acceptors (Lipinski definition) is 6. The van der Waals surface area contributed by atoms with Gasteiger partial charge in [0.1, 0.15) is 0 Å². The Balaban J connectivity index is 1.31. The number of benzene rings is 1. The summed E-state index contributed by atoms with van der Waals surface area (Å²) in [5.74, 6) is 0.492. The van der Waals surface area contributed by atoms with Gasteiger partial charge in [-0.25, -0.2) is 0 Å². The van der Waals surface area contributed by atoms with E-state index in [9.17, 15) is 18.0 Å². The van der Waals surface area contributed by atoms with Crippen molar-refractivity contribution in [3.63, 3.8) is 0 Å². The molecule has 8 nitrogen and oxygen atoms in total. The molecule has 1 fully saturated rings. The third-order valence-corrected chi connectivity index (χ3v) is 5.11. The second-order valence-corrected chi connectivity index (χ2v) is 7.45. The zero-order valence-corrected chi connectivity index (χ0v) is 16.8. The van der Waals surface area contributed by atoms with E-state index in [1.807, 2.05) is 18.1 Å². The molecule has 0 bridgehead atoms. The molecule has 164 valence electrons. The van der Waals surface area contributed by atoms with Crippen LogP contribution in [0.5, 0.6) is 0 Å². The molecule has 0 atom stereocenters. The largest absolute Gasteiger partial charge is 0.416 e. The highest BCUT2D eigenvalue weighted by atomic mass is 19.4. The number of piperazine rings is 1. The topological polar surface area (TPSA) is 80.3 Å². The molecule has 0 saturated carbocycles. The lowest BCUT2D eigenvalue weighted by atomic mass is 10.1. The maximum Gasteiger partial charge on any atom is 0.416 e. The van der Waals surface area contributed by atoms with E-state index in [-0.39, 0.29) is 17.3 Å². The molecule has 0 aliphatic carbocycles. The minimum absolute atomic E-state index is 0.0530. The van der Waals surface area contributed by atoms with E-state index in [1.54, 1.807) is 10.9 Å². The molecule has 4 rings (SSSR count). The van der Waals surface area contributed by atoms with Gasteiger partial charge in [-0.05, 0) is 17.7 Å². The van der Waals surface area contributed by atoms with Gasteiger partial charge in [0.2, 0.25) is 17.6 Å². The average Bonchev–Trinajstić information content (AvgIpc) is 3.37. The second-order valence-electron chi connectivity index (χ2n) is 7.45. The number of hydrogen-bond donors (Lipinski definition) is 0. The van der Waals surface area contributed by atoms with E-state index >= 15 is 0 Å². The molecular weight excluding hydrogens is 413 g/mol. The van der Waals surface area contributed by atoms with Crippen LogP contribution in [0, 0.1) is 0 Å². The van der Waals surface area contributed by atoms with Crippen LogP contribution in [-0.2, 0) is 31.0 Å². The van der Waals surface area contributed by atoms with Crippen LogP contribution in [0.15, 0.2) is 41.2 Å². The Morgan fingerprint density at radius 3 is 2.65 bits per heavy atom. The van der Waals surface area contributed by atoms with Gasteiger partial charge in [0.05, 0.1) is 24.7 Å². The molecule has 2 aromatic heterocycles. The number of carbonyl (C=O) groups is 1. The smallest absolute Gasteiger partial charge is 0.340 e. The number of halogens is 3. The number of aryl methyl sites for hydroxylation is 1. The number of rotatable bonds is 5. The summed E-state index contributed by atoms with van der Waals surface area (Å²) in [6.45, 7) is 2.80. The maximum absolute atomic E-state index is 12.9. The maximum atomic E-state index is 12.9. The molecule has 11 heteroatoms. The number of nitrogens with zero attached hydrogens (tertiary/aromatic N) is 6. The molecule has 0 N–H and O–H groups in total. The summed E-state index contributed by atoms with van der Waals surface area (Å²) >= 11 is 0. The van der Waals surface area contributed by atoms with Crippen LogP contribution in [-0.4, -0.2) is 61.8 Å². The summed E-state index contributed by atoms with van der Waals surface area (Å²) in [5.41, 5.74) is 0.363. The quantitative estimate of drug-likeness (QED) is 0.614. The van der Waals surface area contributed by atoms with Crippen LogP contribution >= 0.6 is 0 Å². The van der Waals surface area contributed by atoms with E-state index in [0.717, 1.165) is 17.7 Å². The van der Waals surface area contributed by atoms with Gasteiger partial charge >= 0.3 is 6.18 Å². The van der Waals surface area contributed by atoms with Crippen LogP contribution in [0.1, 0.15) is 17.0 Å². The molecule has 31 heavy (non-hydrogen) atoms. The Bertz CT molecular complexity index is 1050. The van der Waals surface area contributed by atoms with Gasteiger partial charge in [-0.15, -0.1) is 0 Å². The Morgan fingerprint density at radius 1 is 1.19 bits per heavy atom. The number of aromatic nitrogens is 4. The van der Waals surface area contributed by atoms with Crippen molar-refractivity contribution in [3.05, 3.63) is 53.7 Å². The molecule has 1 aliphatic heterocycles. The van der Waals surface area contributed by atoms with Crippen molar-refractivity contribution < 1.29 is 22.5 Å². The minimum atomic E-state index is -4.43. The fourth-order valence-electron chi connectivity index (χ4n) is 3.47. The lowest BCUT2D eigenvalue weighted by Gasteiger charge is -2.33. The molecule has 3 heterocycles. The highest BCUT2D eigenvalue weighted by Crippen LogP contribution is 2.31. The minimum Gasteiger partial charge on any atom is -0.340 e. The predicted molar refractivity (Wildman–Crippen MR) is 104 cm³/mol. The van der Waals surface area contributed by atoms with Crippen molar-refractivity contribution >= 4 is 5.91 Å². The number of carbonyl (C=O) groups excluding carboxylic acids is 1. The summed E-state index contributed by atoms with van der Waals surface area (Å²) in [4.78, 5) is 20.6. The monoisotopic (exact) mass is 434 g/mol. The average molecular weight is 434 g/mol. The van der Waals surface area contributed by atoms with Gasteiger partial charge in [-0.3, -0.25) is 14.4 Å². The van der Waals surface area contributed by atoms with Crippen molar-refractivity contribution in [3.8, 4) is 11.4 Å². The summed E-state index contributed by atoms with van der Waals surface area (Å²) in [5, 5.41) is 7.89. The van der Waals surface area contributed by atoms with Crippen LogP contribution in [0.25, 0.3) is 11.4 Å². The van der Waals surface area contributed by atoms with E-state index < -0.39 is 11.7 Å². The molecule has 1 aliphatic rings. The first-order chi connectivity index (χ1) is 14.8. The van der Waals surface area contributed by atoms with Crippen molar-refractivity contribution in [1.29, 1.82) is 0 Å². The van der Waals surface area contributed by atoms with E-state index in [4.69, 9.17) is 4.52 Å². The van der Waals surface area contributed by atoms with E-state index in [2.05, 4.69) is 20.1 Å². The Morgan fingerprint density at radius 2 is 1.97 bits per heavy atom. The van der Waals surface area contributed by atoms with Gasteiger partial charge in [0, 0.05) is 45.0 Å². The van der Waals surface area contributed by atoms with E-state index in [0.29, 0.717) is 45.0 Å². The third kappa shape index (κ3) is 5.10. The van der Waals surface area contributed by atoms with Crippen LogP contribution in [0.2, 0.25) is 0 Å². The second kappa shape index (κ2) is 8.50. The Kier molecular flexibility index (Phi) is 5.77. The van der Waals surface area contributed by atoms with Gasteiger partial charge in [0.25, 0.3) is 0 Å². The molecule has 1 saturated heterocycles. The highest BCUT2D eigenvalue weighted by Gasteiger charge is 2.31. The Labute approximate surface area is 176 Å². The number of amides is 1. The first-order valence-electron chi connectivity index (χ1n) is 9.76. The summed E-state index contributed by atoms with van der Waals surface area (Å²) in [6.07, 6.45) is -0.605. The van der Waals surface area contributed by atoms with Crippen molar-refractivity contribution in [2.45, 2.75) is 19.1 Å². The first kappa shape index (κ1) is 21.0. The predicted octanol–water partition coefficient (Wildman–Crippen LogP) is 2.38. The van der Waals surface area contributed by atoms with Crippen molar-refractivity contribution in [2.75, 3.05) is 26.2 Å². The summed E-state index contributed by atoms with van der Waals surface area (Å²) in [7, 11) is 1.81. The molecule has 0 radical (unpaired) electrons. The van der Waals surface area contributed by atoms with E-state index in [1.165, 1.54) is 12.1 Å². The molecule has 1 amide bonds. The van der Waals surface area contributed by atoms with Gasteiger partial charge in [-0.2, -0.15) is 23.3 Å². The third-order valence-electron chi connectivity index (χ3n) is 5.11. The molecular formula is C20H21F3N6O2. The molecule has 0 unspecified atom stereocenters. The summed E-state index contributed by atoms with van der Waals surface area (Å²) in [6, 6.07) is 4.83. The van der Waals surface area contributed by atoms with Crippen LogP contribution in [0.3, 0.4) is 0 Å². The highest BCUT2D eigenvalue weighted by molar-refractivity contribution is 5.78. The normalized spacial score (nSPS) is 15.4. The zero-order valence-electron chi connectivity index (χ0n) is 16.8. The SMILES string of the molecule is Cn1cc(CC(=O)N2CCN(Cc3nc(-c4cccc(C(F)(F)F)c4)no3)CC2)cn1. The summed E-state index contributed by atoms with van der Waals surface area (Å²) < 4.78 is 45.6. The molecule has 3 aromatic rings. The zero-order chi connectivity index (χ0) is 22.0. The van der Waals surface area contributed by atoms with Crippen LogP contribution < -0.4 is 0 Å². The standard InChI is InChI=1S/C20H21F3N6O2/c1-27-12-14(11-24-27)9-18(30)29-7-5-28(6-8-29)13-17-25-19(26-31-17)15-3-2-4-16(10-15)20(21,22)23/h2-4,10-12H,5-9,13H2,1H3. The lowest BCUT2D eigenvalue weighted by molar-refractivity contribution is -0.137. The number of alkyl halides is 3. The van der Waals surface area contributed by atoms with Crippen LogP contribution in [0.4, 0.5) is 13.2 Å². The lowest BCUT2D eigenvalue weighted by Crippen LogP contribution is -2.48. The van der Waals surface area contributed by atoms with Crippen molar-refractivity contribution in [1.82, 2.24) is 29.7 Å². The Hall–Kier alpha value is -3.21. The fraction of sp³-hybridized carbons (Fsp3) is 0.400. The first-order valence-corrected chi connectivity index (χ1v) is 9.76. The van der Waals surface area contributed by atoms with Crippen molar-refractivity contribution in [2.24, 2.45) is 7.05 Å². The molecule has 1 aromatic carbocycles.